The van der Waals surface area contributed by atoms with Crippen molar-refractivity contribution < 1.29 is 4.39 Å². The van der Waals surface area contributed by atoms with Crippen molar-refractivity contribution in [1.29, 1.82) is 0 Å². The Morgan fingerprint density at radius 3 is 2.79 bits per heavy atom. The quantitative estimate of drug-likeness (QED) is 0.810. The fourth-order valence-corrected chi connectivity index (χ4v) is 3.65. The molecule has 0 fully saturated rings. The third-order valence-corrected chi connectivity index (χ3v) is 4.68. The summed E-state index contributed by atoms with van der Waals surface area (Å²) < 4.78 is 14.5. The molecule has 0 spiro atoms. The topological polar surface area (TPSA) is 12.0 Å². The first-order valence-electron chi connectivity index (χ1n) is 6.39. The van der Waals surface area contributed by atoms with Gasteiger partial charge in [0.1, 0.15) is 5.82 Å². The van der Waals surface area contributed by atoms with E-state index in [2.05, 4.69) is 40.3 Å². The highest BCUT2D eigenvalue weighted by atomic mass is 79.9. The molecule has 0 aliphatic heterocycles. The van der Waals surface area contributed by atoms with Crippen LogP contribution in [0.4, 0.5) is 4.39 Å². The highest BCUT2D eigenvalue weighted by Crippen LogP contribution is 2.28. The molecule has 1 atom stereocenters. The fourth-order valence-electron chi connectivity index (χ4n) is 2.09. The molecule has 102 valence electrons. The maximum absolute atomic E-state index is 13.4. The van der Waals surface area contributed by atoms with Gasteiger partial charge in [-0.2, -0.15) is 0 Å². The van der Waals surface area contributed by atoms with Crippen LogP contribution in [-0.4, -0.2) is 13.1 Å². The Kier molecular flexibility index (Phi) is 5.55. The van der Waals surface area contributed by atoms with Gasteiger partial charge in [-0.15, -0.1) is 11.3 Å². The predicted molar refractivity (Wildman–Crippen MR) is 83.4 cm³/mol. The molecular weight excluding hydrogens is 325 g/mol. The minimum atomic E-state index is -0.161. The first kappa shape index (κ1) is 14.7. The minimum absolute atomic E-state index is 0.161. The molecule has 0 saturated heterocycles. The van der Waals surface area contributed by atoms with Gasteiger partial charge in [-0.1, -0.05) is 19.1 Å². The zero-order chi connectivity index (χ0) is 13.7. The van der Waals surface area contributed by atoms with Gasteiger partial charge in [-0.3, -0.25) is 0 Å². The van der Waals surface area contributed by atoms with Crippen LogP contribution in [-0.2, 0) is 6.42 Å². The lowest BCUT2D eigenvalue weighted by Gasteiger charge is -2.17. The van der Waals surface area contributed by atoms with E-state index in [0.29, 0.717) is 5.92 Å². The molecule has 0 amide bonds. The van der Waals surface area contributed by atoms with Crippen LogP contribution in [0.25, 0.3) is 0 Å². The average molecular weight is 342 g/mol. The lowest BCUT2D eigenvalue weighted by molar-refractivity contribution is 0.585. The Labute approximate surface area is 126 Å². The van der Waals surface area contributed by atoms with Crippen molar-refractivity contribution in [3.63, 3.8) is 0 Å². The maximum Gasteiger partial charge on any atom is 0.123 e. The van der Waals surface area contributed by atoms with Crippen molar-refractivity contribution in [3.05, 3.63) is 56.4 Å². The predicted octanol–water partition coefficient (Wildman–Crippen LogP) is 4.59. The highest BCUT2D eigenvalue weighted by molar-refractivity contribution is 9.11. The number of halogens is 2. The first-order chi connectivity index (χ1) is 9.19. The van der Waals surface area contributed by atoms with E-state index < -0.39 is 0 Å². The number of thiophene rings is 1. The van der Waals surface area contributed by atoms with E-state index in [1.54, 1.807) is 23.5 Å². The van der Waals surface area contributed by atoms with Crippen LogP contribution in [0.5, 0.6) is 0 Å². The summed E-state index contributed by atoms with van der Waals surface area (Å²) in [5.41, 5.74) is 1.06. The van der Waals surface area contributed by atoms with Crippen molar-refractivity contribution in [3.8, 4) is 0 Å². The molecule has 2 aromatic rings. The average Bonchev–Trinajstić information content (AvgIpc) is 2.80. The van der Waals surface area contributed by atoms with Crippen LogP contribution >= 0.6 is 27.3 Å². The smallest absolute Gasteiger partial charge is 0.123 e. The monoisotopic (exact) mass is 341 g/mol. The van der Waals surface area contributed by atoms with E-state index in [1.807, 2.05) is 6.07 Å². The molecule has 1 nitrogen and oxygen atoms in total. The first-order valence-corrected chi connectivity index (χ1v) is 8.00. The van der Waals surface area contributed by atoms with Gasteiger partial charge in [0.05, 0.1) is 3.79 Å². The molecule has 1 aromatic heterocycles. The highest BCUT2D eigenvalue weighted by Gasteiger charge is 2.14. The van der Waals surface area contributed by atoms with Gasteiger partial charge in [0.25, 0.3) is 0 Å². The molecule has 1 unspecified atom stereocenters. The second-order valence-electron chi connectivity index (χ2n) is 4.47. The molecule has 4 heteroatoms. The summed E-state index contributed by atoms with van der Waals surface area (Å²) in [6.45, 7) is 3.89. The van der Waals surface area contributed by atoms with Crippen molar-refractivity contribution >= 4 is 27.3 Å². The van der Waals surface area contributed by atoms with Gasteiger partial charge < -0.3 is 5.32 Å². The van der Waals surface area contributed by atoms with Crippen molar-refractivity contribution in [2.75, 3.05) is 13.1 Å². The van der Waals surface area contributed by atoms with Gasteiger partial charge >= 0.3 is 0 Å². The van der Waals surface area contributed by atoms with Crippen molar-refractivity contribution in [2.45, 2.75) is 19.3 Å². The van der Waals surface area contributed by atoms with E-state index in [4.69, 9.17) is 0 Å². The Morgan fingerprint density at radius 1 is 1.32 bits per heavy atom. The van der Waals surface area contributed by atoms with Crippen LogP contribution in [0.1, 0.15) is 23.3 Å². The van der Waals surface area contributed by atoms with E-state index >= 15 is 0 Å². The van der Waals surface area contributed by atoms with E-state index in [1.165, 1.54) is 10.9 Å². The van der Waals surface area contributed by atoms with Crippen LogP contribution in [0.3, 0.4) is 0 Å². The number of nitrogens with one attached hydrogen (secondary N) is 1. The molecule has 0 radical (unpaired) electrons. The van der Waals surface area contributed by atoms with Crippen LogP contribution in [0, 0.1) is 5.82 Å². The summed E-state index contributed by atoms with van der Waals surface area (Å²) in [5.74, 6) is 0.146. The molecule has 1 heterocycles. The van der Waals surface area contributed by atoms with Gasteiger partial charge in [-0.05, 0) is 58.7 Å². The summed E-state index contributed by atoms with van der Waals surface area (Å²) in [4.78, 5) is 1.32. The summed E-state index contributed by atoms with van der Waals surface area (Å²) in [6, 6.07) is 11.1. The number of hydrogen-bond donors (Lipinski definition) is 1. The van der Waals surface area contributed by atoms with Crippen LogP contribution in [0.2, 0.25) is 0 Å². The molecule has 0 aliphatic rings. The molecule has 0 aliphatic carbocycles. The number of likely N-dealkylation sites (N-methyl/N-ethyl adjacent to an activating group) is 1. The van der Waals surface area contributed by atoms with Crippen LogP contribution < -0.4 is 5.32 Å². The lowest BCUT2D eigenvalue weighted by atomic mass is 9.95. The Balaban J connectivity index is 2.15. The number of hydrogen-bond acceptors (Lipinski definition) is 2. The van der Waals surface area contributed by atoms with Gasteiger partial charge in [-0.25, -0.2) is 4.39 Å². The third kappa shape index (κ3) is 4.41. The Hall–Kier alpha value is -0.710. The minimum Gasteiger partial charge on any atom is -0.316 e. The van der Waals surface area contributed by atoms with E-state index in [0.717, 1.165) is 28.9 Å². The maximum atomic E-state index is 13.4. The molecule has 1 aromatic carbocycles. The standard InChI is InChI=1S/C15H17BrFNS/c1-2-18-10-12(9-14-6-7-15(16)19-14)11-4-3-5-13(17)8-11/h3-8,12,18H,2,9-10H2,1H3. The number of rotatable bonds is 6. The molecule has 0 bridgehead atoms. The van der Waals surface area contributed by atoms with Crippen molar-refractivity contribution in [1.82, 2.24) is 5.32 Å². The van der Waals surface area contributed by atoms with Crippen molar-refractivity contribution in [2.24, 2.45) is 0 Å². The summed E-state index contributed by atoms with van der Waals surface area (Å²) in [5, 5.41) is 3.36. The zero-order valence-corrected chi connectivity index (χ0v) is 13.2. The third-order valence-electron chi connectivity index (χ3n) is 3.04. The second kappa shape index (κ2) is 7.17. The molecule has 19 heavy (non-hydrogen) atoms. The molecular formula is C15H17BrFNS. The fraction of sp³-hybridized carbons (Fsp3) is 0.333. The van der Waals surface area contributed by atoms with Gasteiger partial charge in [0, 0.05) is 17.3 Å². The van der Waals surface area contributed by atoms with Gasteiger partial charge in [0.15, 0.2) is 0 Å². The van der Waals surface area contributed by atoms with E-state index in [-0.39, 0.29) is 5.82 Å². The zero-order valence-electron chi connectivity index (χ0n) is 10.8. The van der Waals surface area contributed by atoms with E-state index in [9.17, 15) is 4.39 Å². The molecule has 1 N–H and O–H groups in total. The Bertz CT molecular complexity index is 526. The molecule has 0 saturated carbocycles. The van der Waals surface area contributed by atoms with Crippen LogP contribution in [0.15, 0.2) is 40.2 Å². The molecule has 2 rings (SSSR count). The summed E-state index contributed by atoms with van der Waals surface area (Å²) >= 11 is 5.23. The second-order valence-corrected chi connectivity index (χ2v) is 7.02. The summed E-state index contributed by atoms with van der Waals surface area (Å²) in [7, 11) is 0. The summed E-state index contributed by atoms with van der Waals surface area (Å²) in [6.07, 6.45) is 0.937. The number of benzene rings is 1. The van der Waals surface area contributed by atoms with Gasteiger partial charge in [0.2, 0.25) is 0 Å². The Morgan fingerprint density at radius 2 is 2.16 bits per heavy atom. The largest absolute Gasteiger partial charge is 0.316 e. The SMILES string of the molecule is CCNCC(Cc1ccc(Br)s1)c1cccc(F)c1. The normalized spacial score (nSPS) is 12.6. The lowest BCUT2D eigenvalue weighted by Crippen LogP contribution is -2.22.